The van der Waals surface area contributed by atoms with E-state index in [-0.39, 0.29) is 22.6 Å². The maximum Gasteiger partial charge on any atom is 0.245 e. The number of pyridine rings is 1. The molecule has 0 spiro atoms. The summed E-state index contributed by atoms with van der Waals surface area (Å²) in [5.41, 5.74) is 1.60. The molecule has 1 atom stereocenters. The third-order valence-electron chi connectivity index (χ3n) is 4.37. The minimum atomic E-state index is -3.94. The molecule has 2 N–H and O–H groups in total. The molecule has 30 heavy (non-hydrogen) atoms. The first kappa shape index (κ1) is 21.6. The van der Waals surface area contributed by atoms with Crippen LogP contribution in [0.5, 0.6) is 0 Å². The van der Waals surface area contributed by atoms with Crippen LogP contribution in [0.4, 0.5) is 5.69 Å². The van der Waals surface area contributed by atoms with Crippen LogP contribution in [0.25, 0.3) is 11.4 Å². The Balaban J connectivity index is 1.92. The largest absolute Gasteiger partial charge is 0.337 e. The summed E-state index contributed by atoms with van der Waals surface area (Å²) in [6.07, 6.45) is 3.23. The van der Waals surface area contributed by atoms with Crippen LogP contribution in [0.15, 0.2) is 52.1 Å². The highest BCUT2D eigenvalue weighted by Gasteiger charge is 2.29. The Morgan fingerprint density at radius 3 is 2.60 bits per heavy atom. The van der Waals surface area contributed by atoms with Crippen LogP contribution in [0.3, 0.4) is 0 Å². The molecule has 0 aliphatic heterocycles. The van der Waals surface area contributed by atoms with E-state index in [1.165, 1.54) is 13.0 Å². The number of amides is 1. The second-order valence-electron chi connectivity index (χ2n) is 7.20. The predicted molar refractivity (Wildman–Crippen MR) is 111 cm³/mol. The molecule has 1 unspecified atom stereocenters. The highest BCUT2D eigenvalue weighted by Crippen LogP contribution is 2.27. The summed E-state index contributed by atoms with van der Waals surface area (Å²) in [7, 11) is -3.94. The van der Waals surface area contributed by atoms with Gasteiger partial charge in [-0.15, -0.1) is 0 Å². The van der Waals surface area contributed by atoms with Gasteiger partial charge in [0.1, 0.15) is 6.04 Å². The number of benzene rings is 1. The van der Waals surface area contributed by atoms with Gasteiger partial charge in [0.25, 0.3) is 0 Å². The van der Waals surface area contributed by atoms with Gasteiger partial charge in [0.2, 0.25) is 27.6 Å². The maximum atomic E-state index is 13.1. The smallest absolute Gasteiger partial charge is 0.245 e. The SMILES string of the molecule is CC(=O)Nc1ccc(C)c(S(=O)(=O)NC(c2nc(-c3cccnc3)no2)C(C)C)c1. The Kier molecular flexibility index (Phi) is 6.28. The second kappa shape index (κ2) is 8.72. The van der Waals surface area contributed by atoms with E-state index in [2.05, 4.69) is 25.2 Å². The highest BCUT2D eigenvalue weighted by molar-refractivity contribution is 7.89. The Morgan fingerprint density at radius 1 is 1.20 bits per heavy atom. The van der Waals surface area contributed by atoms with Gasteiger partial charge in [-0.05, 0) is 42.7 Å². The molecule has 158 valence electrons. The first-order valence-electron chi connectivity index (χ1n) is 9.32. The van der Waals surface area contributed by atoms with E-state index >= 15 is 0 Å². The Bertz CT molecular complexity index is 1140. The monoisotopic (exact) mass is 429 g/mol. The van der Waals surface area contributed by atoms with E-state index < -0.39 is 16.1 Å². The fourth-order valence-electron chi connectivity index (χ4n) is 2.85. The molecular formula is C20H23N5O4S. The summed E-state index contributed by atoms with van der Waals surface area (Å²) in [6, 6.07) is 7.50. The second-order valence-corrected chi connectivity index (χ2v) is 8.88. The van der Waals surface area contributed by atoms with Crippen molar-refractivity contribution < 1.29 is 17.7 Å². The molecule has 9 nitrogen and oxygen atoms in total. The lowest BCUT2D eigenvalue weighted by Crippen LogP contribution is -2.32. The van der Waals surface area contributed by atoms with E-state index in [1.54, 1.807) is 43.6 Å². The molecule has 2 heterocycles. The molecule has 0 fully saturated rings. The lowest BCUT2D eigenvalue weighted by Gasteiger charge is -2.19. The summed E-state index contributed by atoms with van der Waals surface area (Å²) < 4.78 is 34.3. The van der Waals surface area contributed by atoms with E-state index in [0.717, 1.165) is 0 Å². The van der Waals surface area contributed by atoms with Gasteiger partial charge in [-0.3, -0.25) is 9.78 Å². The quantitative estimate of drug-likeness (QED) is 0.591. The molecule has 0 saturated carbocycles. The van der Waals surface area contributed by atoms with E-state index in [0.29, 0.717) is 22.6 Å². The minimum absolute atomic E-state index is 0.0615. The third kappa shape index (κ3) is 4.89. The summed E-state index contributed by atoms with van der Waals surface area (Å²) in [6.45, 7) is 6.74. The van der Waals surface area contributed by atoms with Gasteiger partial charge >= 0.3 is 0 Å². The van der Waals surface area contributed by atoms with Crippen LogP contribution in [0.1, 0.15) is 38.3 Å². The van der Waals surface area contributed by atoms with E-state index in [9.17, 15) is 13.2 Å². The van der Waals surface area contributed by atoms with Crippen LogP contribution in [-0.4, -0.2) is 29.4 Å². The molecule has 1 aromatic carbocycles. The predicted octanol–water partition coefficient (Wildman–Crippen LogP) is 3.07. The zero-order chi connectivity index (χ0) is 21.9. The zero-order valence-electron chi connectivity index (χ0n) is 17.1. The van der Waals surface area contributed by atoms with Crippen molar-refractivity contribution in [1.82, 2.24) is 19.8 Å². The number of hydrogen-bond donors (Lipinski definition) is 2. The number of nitrogens with one attached hydrogen (secondary N) is 2. The lowest BCUT2D eigenvalue weighted by atomic mass is 10.1. The van der Waals surface area contributed by atoms with Crippen molar-refractivity contribution in [3.8, 4) is 11.4 Å². The molecule has 3 rings (SSSR count). The summed E-state index contributed by atoms with van der Waals surface area (Å²) in [5, 5.41) is 6.54. The number of carbonyl (C=O) groups excluding carboxylic acids is 1. The number of rotatable bonds is 7. The van der Waals surface area contributed by atoms with Crippen molar-refractivity contribution in [2.45, 2.75) is 38.6 Å². The molecule has 0 aliphatic carbocycles. The lowest BCUT2D eigenvalue weighted by molar-refractivity contribution is -0.114. The Labute approximate surface area is 175 Å². The number of nitrogens with zero attached hydrogens (tertiary/aromatic N) is 3. The summed E-state index contributed by atoms with van der Waals surface area (Å²) in [5.74, 6) is 0.0275. The van der Waals surface area contributed by atoms with E-state index in [1.807, 2.05) is 13.8 Å². The minimum Gasteiger partial charge on any atom is -0.337 e. The molecule has 1 amide bonds. The molecule has 3 aromatic rings. The summed E-state index contributed by atoms with van der Waals surface area (Å²) >= 11 is 0. The third-order valence-corrected chi connectivity index (χ3v) is 5.96. The standard InChI is InChI=1S/C20H23N5O4S/c1-12(2)18(20-23-19(24-29-20)15-6-5-9-21-11-15)25-30(27,28)17-10-16(22-14(4)26)8-7-13(17)3/h5-12,18,25H,1-4H3,(H,22,26). The van der Waals surface area contributed by atoms with Gasteiger partial charge in [-0.25, -0.2) is 8.42 Å². The fourth-order valence-corrected chi connectivity index (χ4v) is 4.46. The van der Waals surface area contributed by atoms with Crippen molar-refractivity contribution in [3.63, 3.8) is 0 Å². The average molecular weight is 430 g/mol. The van der Waals surface area contributed by atoms with Crippen LogP contribution >= 0.6 is 0 Å². The Hall–Kier alpha value is -3.11. The number of hydrogen-bond acceptors (Lipinski definition) is 7. The topological polar surface area (TPSA) is 127 Å². The van der Waals surface area contributed by atoms with Gasteiger partial charge in [-0.2, -0.15) is 9.71 Å². The molecular weight excluding hydrogens is 406 g/mol. The van der Waals surface area contributed by atoms with Crippen LogP contribution in [0.2, 0.25) is 0 Å². The van der Waals surface area contributed by atoms with Gasteiger partial charge in [0.05, 0.1) is 4.90 Å². The molecule has 0 aliphatic rings. The molecule has 0 saturated heterocycles. The number of sulfonamides is 1. The molecule has 10 heteroatoms. The summed E-state index contributed by atoms with van der Waals surface area (Å²) in [4.78, 5) is 19.8. The Morgan fingerprint density at radius 2 is 1.97 bits per heavy atom. The fraction of sp³-hybridized carbons (Fsp3) is 0.300. The molecule has 0 radical (unpaired) electrons. The van der Waals surface area contributed by atoms with Crippen molar-refractivity contribution in [3.05, 3.63) is 54.2 Å². The average Bonchev–Trinajstić information content (AvgIpc) is 3.17. The molecule has 2 aromatic heterocycles. The number of carbonyl (C=O) groups is 1. The van der Waals surface area contributed by atoms with Gasteiger partial charge in [0, 0.05) is 30.6 Å². The van der Waals surface area contributed by atoms with Crippen molar-refractivity contribution in [2.75, 3.05) is 5.32 Å². The first-order valence-corrected chi connectivity index (χ1v) is 10.8. The number of aromatic nitrogens is 3. The van der Waals surface area contributed by atoms with Crippen LogP contribution in [0, 0.1) is 12.8 Å². The van der Waals surface area contributed by atoms with Gasteiger partial charge in [0.15, 0.2) is 0 Å². The van der Waals surface area contributed by atoms with Crippen molar-refractivity contribution in [1.29, 1.82) is 0 Å². The maximum absolute atomic E-state index is 13.1. The number of aryl methyl sites for hydroxylation is 1. The number of anilines is 1. The van der Waals surface area contributed by atoms with Gasteiger partial charge < -0.3 is 9.84 Å². The van der Waals surface area contributed by atoms with Crippen LogP contribution < -0.4 is 10.0 Å². The van der Waals surface area contributed by atoms with Gasteiger partial charge in [-0.1, -0.05) is 25.1 Å². The van der Waals surface area contributed by atoms with Crippen LogP contribution in [-0.2, 0) is 14.8 Å². The zero-order valence-corrected chi connectivity index (χ0v) is 17.9. The van der Waals surface area contributed by atoms with E-state index in [4.69, 9.17) is 4.52 Å². The first-order chi connectivity index (χ1) is 14.2. The normalized spacial score (nSPS) is 12.7. The van der Waals surface area contributed by atoms with Crippen molar-refractivity contribution >= 4 is 21.6 Å². The molecule has 0 bridgehead atoms. The van der Waals surface area contributed by atoms with Crippen molar-refractivity contribution in [2.24, 2.45) is 5.92 Å². The highest BCUT2D eigenvalue weighted by atomic mass is 32.2.